The van der Waals surface area contributed by atoms with Crippen LogP contribution in [0.5, 0.6) is 0 Å². The molecule has 0 amide bonds. The van der Waals surface area contributed by atoms with Crippen LogP contribution in [0.15, 0.2) is 303 Å². The summed E-state index contributed by atoms with van der Waals surface area (Å²) in [5.74, 6) is 0. The van der Waals surface area contributed by atoms with Crippen molar-refractivity contribution in [1.29, 1.82) is 0 Å². The molecule has 4 nitrogen and oxygen atoms in total. The van der Waals surface area contributed by atoms with E-state index in [4.69, 9.17) is 0 Å². The van der Waals surface area contributed by atoms with E-state index in [1.165, 1.54) is 157 Å². The fourth-order valence-corrected chi connectivity index (χ4v) is 19.4. The van der Waals surface area contributed by atoms with Gasteiger partial charge in [-0.3, -0.25) is 0 Å². The number of hydrogen-bond donors (Lipinski definition) is 0. The molecule has 2 aliphatic heterocycles. The number of para-hydroxylation sites is 2. The van der Waals surface area contributed by atoms with Gasteiger partial charge in [-0.2, -0.15) is 0 Å². The molecule has 4 heterocycles. The van der Waals surface area contributed by atoms with Crippen molar-refractivity contribution in [2.45, 2.75) is 129 Å². The van der Waals surface area contributed by atoms with E-state index >= 15 is 0 Å². The lowest BCUT2D eigenvalue weighted by molar-refractivity contribution is 0.332. The van der Waals surface area contributed by atoms with Crippen molar-refractivity contribution in [2.24, 2.45) is 0 Å². The van der Waals surface area contributed by atoms with Crippen molar-refractivity contribution in [3.05, 3.63) is 331 Å². The highest BCUT2D eigenvalue weighted by Crippen LogP contribution is 2.53. The first-order valence-electron chi connectivity index (χ1n) is 39.5. The normalized spacial score (nSPS) is 15.8. The molecule has 5 heteroatoms. The Morgan fingerprint density at radius 2 is 0.606 bits per heavy atom. The summed E-state index contributed by atoms with van der Waals surface area (Å²) in [5, 5.41) is 4.89. The summed E-state index contributed by atoms with van der Waals surface area (Å²) < 4.78 is 5.08. The van der Waals surface area contributed by atoms with Gasteiger partial charge in [0.15, 0.2) is 0 Å². The van der Waals surface area contributed by atoms with Crippen LogP contribution < -0.4 is 26.2 Å². The molecule has 0 N–H and O–H groups in total. The van der Waals surface area contributed by atoms with Crippen molar-refractivity contribution < 1.29 is 0 Å². The van der Waals surface area contributed by atoms with Gasteiger partial charge in [0, 0.05) is 61.4 Å². The van der Waals surface area contributed by atoms with Gasteiger partial charge in [0.1, 0.15) is 0 Å². The van der Waals surface area contributed by atoms with Gasteiger partial charge in [0.25, 0.3) is 6.71 Å². The predicted octanol–water partition coefficient (Wildman–Crippen LogP) is 26.3. The third-order valence-electron chi connectivity index (χ3n) is 25.8. The number of benzene rings is 14. The minimum absolute atomic E-state index is 0.0411. The summed E-state index contributed by atoms with van der Waals surface area (Å²) in [6.07, 6.45) is 4.69. The van der Waals surface area contributed by atoms with E-state index in [1.807, 2.05) is 0 Å². The molecule has 0 saturated carbocycles. The fraction of sp³-hybridized carbons (Fsp3) is 0.192. The molecule has 4 aliphatic rings. The van der Waals surface area contributed by atoms with Crippen molar-refractivity contribution in [1.82, 2.24) is 9.13 Å². The highest BCUT2D eigenvalue weighted by molar-refractivity contribution is 7.00. The van der Waals surface area contributed by atoms with Gasteiger partial charge >= 0.3 is 0 Å². The topological polar surface area (TPSA) is 16.3 Å². The van der Waals surface area contributed by atoms with Crippen LogP contribution in [0.2, 0.25) is 0 Å². The van der Waals surface area contributed by atoms with Crippen LogP contribution in [-0.4, -0.2) is 15.8 Å². The Hall–Kier alpha value is -11.7. The molecule has 0 fully saturated rings. The second-order valence-electron chi connectivity index (χ2n) is 35.4. The van der Waals surface area contributed by atoms with Crippen LogP contribution in [0.4, 0.5) is 34.1 Å². The molecular formula is C104H91BN4. The molecule has 109 heavy (non-hydrogen) atoms. The minimum Gasteiger partial charge on any atom is -0.311 e. The Morgan fingerprint density at radius 1 is 0.257 bits per heavy atom. The summed E-state index contributed by atoms with van der Waals surface area (Å²) in [6, 6.07) is 117. The Balaban J connectivity index is 0.865. The predicted molar refractivity (Wildman–Crippen MR) is 466 cm³/mol. The largest absolute Gasteiger partial charge is 0.311 e. The van der Waals surface area contributed by atoms with Crippen LogP contribution in [0, 0.1) is 0 Å². The molecule has 0 atom stereocenters. The lowest BCUT2D eigenvalue weighted by Gasteiger charge is -2.44. The lowest BCUT2D eigenvalue weighted by Crippen LogP contribution is -2.61. The second kappa shape index (κ2) is 24.4. The average Bonchev–Trinajstić information content (AvgIpc) is 1.58. The smallest absolute Gasteiger partial charge is 0.252 e. The average molecular weight is 1410 g/mol. The van der Waals surface area contributed by atoms with Crippen molar-refractivity contribution in [2.75, 3.05) is 9.80 Å². The van der Waals surface area contributed by atoms with Crippen LogP contribution in [0.1, 0.15) is 130 Å². The van der Waals surface area contributed by atoms with Crippen LogP contribution >= 0.6 is 0 Å². The number of aromatic nitrogens is 2. The van der Waals surface area contributed by atoms with Crippen molar-refractivity contribution in [3.8, 4) is 67.0 Å². The molecule has 0 bridgehead atoms. The van der Waals surface area contributed by atoms with E-state index in [-0.39, 0.29) is 33.8 Å². The zero-order valence-electron chi connectivity index (χ0n) is 64.6. The number of nitrogens with zero attached hydrogens (tertiary/aromatic N) is 4. The zero-order chi connectivity index (χ0) is 74.2. The van der Waals surface area contributed by atoms with E-state index in [9.17, 15) is 0 Å². The third kappa shape index (κ3) is 10.8. The first-order valence-corrected chi connectivity index (χ1v) is 39.5. The first-order chi connectivity index (χ1) is 52.6. The van der Waals surface area contributed by atoms with Gasteiger partial charge in [0.05, 0.1) is 27.8 Å². The Labute approximate surface area is 642 Å². The van der Waals surface area contributed by atoms with E-state index in [2.05, 4.69) is 398 Å². The summed E-state index contributed by atoms with van der Waals surface area (Å²) in [6.45, 7) is 26.3. The van der Waals surface area contributed by atoms with Crippen molar-refractivity contribution >= 4 is 101 Å². The molecule has 530 valence electrons. The maximum atomic E-state index is 2.64. The molecular weight excluding hydrogens is 1320 g/mol. The van der Waals surface area contributed by atoms with Gasteiger partial charge in [-0.25, -0.2) is 0 Å². The molecule has 0 saturated heterocycles. The van der Waals surface area contributed by atoms with E-state index in [0.29, 0.717) is 0 Å². The number of anilines is 6. The fourth-order valence-electron chi connectivity index (χ4n) is 19.4. The molecule has 0 radical (unpaired) electrons. The van der Waals surface area contributed by atoms with E-state index in [1.54, 1.807) is 0 Å². The molecule has 16 aromatic rings. The van der Waals surface area contributed by atoms with Gasteiger partial charge in [0.2, 0.25) is 0 Å². The Morgan fingerprint density at radius 3 is 1.10 bits per heavy atom. The van der Waals surface area contributed by atoms with Gasteiger partial charge in [-0.1, -0.05) is 288 Å². The first kappa shape index (κ1) is 66.8. The van der Waals surface area contributed by atoms with E-state index in [0.717, 1.165) is 57.3 Å². The number of fused-ring (bicyclic) bond motifs is 12. The van der Waals surface area contributed by atoms with Crippen molar-refractivity contribution in [3.63, 3.8) is 0 Å². The summed E-state index contributed by atoms with van der Waals surface area (Å²) in [7, 11) is 0. The minimum atomic E-state index is -0.177. The maximum absolute atomic E-state index is 2.64. The molecule has 2 aliphatic carbocycles. The molecule has 0 spiro atoms. The summed E-state index contributed by atoms with van der Waals surface area (Å²) in [5.41, 5.74) is 37.1. The molecule has 20 rings (SSSR count). The number of hydrogen-bond acceptors (Lipinski definition) is 2. The lowest BCUT2D eigenvalue weighted by atomic mass is 9.33. The van der Waals surface area contributed by atoms with Gasteiger partial charge in [-0.15, -0.1) is 0 Å². The van der Waals surface area contributed by atoms with Crippen LogP contribution in [0.25, 0.3) is 111 Å². The van der Waals surface area contributed by atoms with E-state index < -0.39 is 0 Å². The van der Waals surface area contributed by atoms with Gasteiger partial charge < -0.3 is 18.9 Å². The standard InChI is InChI=1S/C104H91BN4/c1-100(2,3)76-28-22-27-70(57-76)75-39-49-89-95(62-75)106(77-42-33-68(34-43-77)73-37-47-85-87(60-73)103(8,9)55-53-101(85,4)5)97-64-80(109-92-32-21-19-30-82(92)84-59-72(41-52-94(84)109)67-25-16-13-17-26-67)65-98-99(97)105(89)90-50-46-79(108-91-31-20-18-29-81(91)83-58-71(40-51-93(83)108)66-23-14-12-15-24-66)63-96(90)107(98)78-44-35-69(36-45-78)74-38-48-86-88(61-74)104(10,11)56-54-102(86,6)7/h12-52,57-65H,53-56H2,1-11H3. The highest BCUT2D eigenvalue weighted by Gasteiger charge is 2.45. The Bertz CT molecular complexity index is 6390. The molecule has 0 unspecified atom stereocenters. The summed E-state index contributed by atoms with van der Waals surface area (Å²) >= 11 is 0. The maximum Gasteiger partial charge on any atom is 0.252 e. The zero-order valence-corrected chi connectivity index (χ0v) is 64.6. The van der Waals surface area contributed by atoms with Gasteiger partial charge in [-0.05, 0) is 244 Å². The SMILES string of the molecule is CC(C)(C)c1cccc(-c2ccc3c(c2)N(c2ccc(-c4ccc5c(c4)C(C)(C)CCC5(C)C)cc2)c2cc(-n4c5ccccc5c5cc(-c6ccccc6)ccc54)cc4c2B3c2ccc(-n3c5ccccc5c5cc(-c6ccccc6)ccc53)cc2N4c2ccc(-c3ccc4c(c3)C(C)(C)CCC4(C)C)cc2)c1. The second-order valence-corrected chi connectivity index (χ2v) is 35.4. The molecule has 2 aromatic heterocycles. The highest BCUT2D eigenvalue weighted by atomic mass is 15.2. The quantitative estimate of drug-likeness (QED) is 0.134. The number of rotatable bonds is 9. The monoisotopic (exact) mass is 1410 g/mol. The molecule has 14 aromatic carbocycles. The van der Waals surface area contributed by atoms with Crippen LogP contribution in [0.3, 0.4) is 0 Å². The van der Waals surface area contributed by atoms with Crippen LogP contribution in [-0.2, 0) is 27.1 Å². The Kier molecular flexibility index (Phi) is 15.0. The third-order valence-corrected chi connectivity index (χ3v) is 25.8. The summed E-state index contributed by atoms with van der Waals surface area (Å²) in [4.78, 5) is 5.27.